The van der Waals surface area contributed by atoms with Crippen molar-refractivity contribution in [2.45, 2.75) is 0 Å². The first-order valence-electron chi connectivity index (χ1n) is 6.81. The largest absolute Gasteiger partial charge is 0.459 e. The Morgan fingerprint density at radius 3 is 2.57 bits per heavy atom. The lowest BCUT2D eigenvalue weighted by Gasteiger charge is -2.09. The van der Waals surface area contributed by atoms with E-state index in [4.69, 9.17) is 4.42 Å². The lowest BCUT2D eigenvalue weighted by Crippen LogP contribution is -2.34. The van der Waals surface area contributed by atoms with Crippen molar-refractivity contribution in [3.8, 4) is 0 Å². The van der Waals surface area contributed by atoms with Crippen LogP contribution >= 0.6 is 15.9 Å². The number of carbonyl (C=O) groups is 2. The van der Waals surface area contributed by atoms with Crippen LogP contribution in [0.1, 0.15) is 16.1 Å². The van der Waals surface area contributed by atoms with Gasteiger partial charge in [-0.3, -0.25) is 9.59 Å². The molecule has 1 aromatic carbocycles. The van der Waals surface area contributed by atoms with E-state index in [2.05, 4.69) is 33.1 Å². The second-order valence-corrected chi connectivity index (χ2v) is 5.46. The third-order valence-corrected chi connectivity index (χ3v) is 3.35. The highest BCUT2D eigenvalue weighted by Crippen LogP contribution is 2.13. The van der Waals surface area contributed by atoms with Gasteiger partial charge in [-0.1, -0.05) is 34.1 Å². The first-order chi connectivity index (χ1) is 11.1. The molecule has 0 aliphatic heterocycles. The van der Waals surface area contributed by atoms with Crippen molar-refractivity contribution in [1.29, 1.82) is 0 Å². The standard InChI is InChI=1S/C17H15BrN2O3/c1-2-9-19-16(21)14(11-12-5-7-13(18)8-6-12)20-17(22)15-4-3-10-23-15/h2-8,10-11H,1,9H2,(H,19,21)(H,20,22). The second-order valence-electron chi connectivity index (χ2n) is 4.54. The molecule has 5 nitrogen and oxygen atoms in total. The van der Waals surface area contributed by atoms with E-state index in [0.717, 1.165) is 10.0 Å². The zero-order chi connectivity index (χ0) is 16.7. The SMILES string of the molecule is C=CCNC(=O)C(=Cc1ccc(Br)cc1)NC(=O)c1ccco1. The molecule has 0 unspecified atom stereocenters. The Bertz CT molecular complexity index is 719. The molecule has 0 aliphatic rings. The van der Waals surface area contributed by atoms with E-state index in [9.17, 15) is 9.59 Å². The minimum atomic E-state index is -0.493. The average molecular weight is 375 g/mol. The second kappa shape index (κ2) is 8.14. The van der Waals surface area contributed by atoms with Crippen LogP contribution in [0, 0.1) is 0 Å². The van der Waals surface area contributed by atoms with Gasteiger partial charge in [0, 0.05) is 11.0 Å². The maximum absolute atomic E-state index is 12.2. The van der Waals surface area contributed by atoms with E-state index in [1.165, 1.54) is 12.3 Å². The summed E-state index contributed by atoms with van der Waals surface area (Å²) in [5.74, 6) is -0.775. The predicted octanol–water partition coefficient (Wildman–Crippen LogP) is 3.12. The zero-order valence-electron chi connectivity index (χ0n) is 12.2. The lowest BCUT2D eigenvalue weighted by atomic mass is 10.2. The van der Waals surface area contributed by atoms with Crippen molar-refractivity contribution in [2.75, 3.05) is 6.54 Å². The van der Waals surface area contributed by atoms with Crippen molar-refractivity contribution in [2.24, 2.45) is 0 Å². The fourth-order valence-corrected chi connectivity index (χ4v) is 2.00. The van der Waals surface area contributed by atoms with Crippen LogP contribution in [0.25, 0.3) is 6.08 Å². The van der Waals surface area contributed by atoms with Gasteiger partial charge in [0.15, 0.2) is 5.76 Å². The van der Waals surface area contributed by atoms with Gasteiger partial charge in [0.1, 0.15) is 5.70 Å². The van der Waals surface area contributed by atoms with E-state index in [1.807, 2.05) is 24.3 Å². The predicted molar refractivity (Wildman–Crippen MR) is 91.5 cm³/mol. The smallest absolute Gasteiger partial charge is 0.291 e. The summed E-state index contributed by atoms with van der Waals surface area (Å²) in [6, 6.07) is 10.5. The molecule has 0 aliphatic carbocycles. The Labute approximate surface area is 142 Å². The van der Waals surface area contributed by atoms with Gasteiger partial charge in [-0.05, 0) is 35.9 Å². The molecule has 2 rings (SSSR count). The molecule has 0 spiro atoms. The summed E-state index contributed by atoms with van der Waals surface area (Å²) in [5, 5.41) is 5.20. The molecule has 23 heavy (non-hydrogen) atoms. The molecule has 0 saturated carbocycles. The van der Waals surface area contributed by atoms with Crippen LogP contribution in [0.2, 0.25) is 0 Å². The number of hydrogen-bond acceptors (Lipinski definition) is 3. The number of carbonyl (C=O) groups excluding carboxylic acids is 2. The van der Waals surface area contributed by atoms with E-state index in [-0.39, 0.29) is 11.5 Å². The van der Waals surface area contributed by atoms with Crippen LogP contribution in [-0.2, 0) is 4.79 Å². The van der Waals surface area contributed by atoms with Crippen LogP contribution in [0.4, 0.5) is 0 Å². The molecule has 2 amide bonds. The Balaban J connectivity index is 2.23. The van der Waals surface area contributed by atoms with Gasteiger partial charge in [0.2, 0.25) is 0 Å². The molecule has 0 saturated heterocycles. The number of hydrogen-bond donors (Lipinski definition) is 2. The van der Waals surface area contributed by atoms with Gasteiger partial charge in [-0.25, -0.2) is 0 Å². The van der Waals surface area contributed by atoms with Gasteiger partial charge in [0.25, 0.3) is 11.8 Å². The molecule has 0 atom stereocenters. The van der Waals surface area contributed by atoms with Crippen LogP contribution in [0.5, 0.6) is 0 Å². The molecular weight excluding hydrogens is 360 g/mol. The normalized spacial score (nSPS) is 10.9. The van der Waals surface area contributed by atoms with Crippen LogP contribution in [-0.4, -0.2) is 18.4 Å². The van der Waals surface area contributed by atoms with Crippen LogP contribution in [0.15, 0.2) is 69.9 Å². The first-order valence-corrected chi connectivity index (χ1v) is 7.60. The molecule has 6 heteroatoms. The summed E-state index contributed by atoms with van der Waals surface area (Å²) in [4.78, 5) is 24.3. The first kappa shape index (κ1) is 16.8. The maximum atomic E-state index is 12.2. The molecule has 118 valence electrons. The summed E-state index contributed by atoms with van der Waals surface area (Å²) in [7, 11) is 0. The van der Waals surface area contributed by atoms with Crippen LogP contribution in [0.3, 0.4) is 0 Å². The number of halogens is 1. The minimum Gasteiger partial charge on any atom is -0.459 e. The molecular formula is C17H15BrN2O3. The number of amides is 2. The summed E-state index contributed by atoms with van der Waals surface area (Å²) >= 11 is 3.35. The highest BCUT2D eigenvalue weighted by molar-refractivity contribution is 9.10. The quantitative estimate of drug-likeness (QED) is 0.602. The van der Waals surface area contributed by atoms with E-state index >= 15 is 0 Å². The Kier molecular flexibility index (Phi) is 5.94. The van der Waals surface area contributed by atoms with Gasteiger partial charge in [0.05, 0.1) is 6.26 Å². The van der Waals surface area contributed by atoms with Gasteiger partial charge in [-0.2, -0.15) is 0 Å². The zero-order valence-corrected chi connectivity index (χ0v) is 13.8. The number of benzene rings is 1. The van der Waals surface area contributed by atoms with E-state index in [1.54, 1.807) is 18.2 Å². The van der Waals surface area contributed by atoms with E-state index in [0.29, 0.717) is 6.54 Å². The molecule has 0 radical (unpaired) electrons. The third kappa shape index (κ3) is 4.96. The van der Waals surface area contributed by atoms with Gasteiger partial charge < -0.3 is 15.1 Å². The highest BCUT2D eigenvalue weighted by Gasteiger charge is 2.15. The minimum absolute atomic E-state index is 0.121. The maximum Gasteiger partial charge on any atom is 0.291 e. The van der Waals surface area contributed by atoms with Gasteiger partial charge in [-0.15, -0.1) is 6.58 Å². The van der Waals surface area contributed by atoms with Crippen molar-refractivity contribution in [1.82, 2.24) is 10.6 Å². The summed E-state index contributed by atoms with van der Waals surface area (Å²) in [5.41, 5.74) is 0.896. The van der Waals surface area contributed by atoms with Crippen molar-refractivity contribution >= 4 is 33.8 Å². The fraction of sp³-hybridized carbons (Fsp3) is 0.0588. The number of furan rings is 1. The Morgan fingerprint density at radius 1 is 1.22 bits per heavy atom. The summed E-state index contributed by atoms with van der Waals surface area (Å²) in [6.45, 7) is 3.84. The molecule has 2 aromatic rings. The molecule has 2 N–H and O–H groups in total. The lowest BCUT2D eigenvalue weighted by molar-refractivity contribution is -0.117. The summed E-state index contributed by atoms with van der Waals surface area (Å²) in [6.07, 6.45) is 4.54. The van der Waals surface area contributed by atoms with Crippen molar-refractivity contribution in [3.05, 3.63) is 76.8 Å². The Hall–Kier alpha value is -2.60. The highest BCUT2D eigenvalue weighted by atomic mass is 79.9. The summed E-state index contributed by atoms with van der Waals surface area (Å²) < 4.78 is 5.95. The topological polar surface area (TPSA) is 71.3 Å². The van der Waals surface area contributed by atoms with E-state index < -0.39 is 11.8 Å². The average Bonchev–Trinajstić information content (AvgIpc) is 3.08. The molecule has 0 fully saturated rings. The molecule has 1 heterocycles. The van der Waals surface area contributed by atoms with Gasteiger partial charge >= 0.3 is 0 Å². The Morgan fingerprint density at radius 2 is 1.96 bits per heavy atom. The monoisotopic (exact) mass is 374 g/mol. The molecule has 1 aromatic heterocycles. The third-order valence-electron chi connectivity index (χ3n) is 2.83. The number of nitrogens with one attached hydrogen (secondary N) is 2. The number of rotatable bonds is 6. The van der Waals surface area contributed by atoms with Crippen LogP contribution < -0.4 is 10.6 Å². The molecule has 0 bridgehead atoms. The van der Waals surface area contributed by atoms with Crippen molar-refractivity contribution in [3.63, 3.8) is 0 Å². The fourth-order valence-electron chi connectivity index (χ4n) is 1.74. The van der Waals surface area contributed by atoms with Crippen molar-refractivity contribution < 1.29 is 14.0 Å².